The summed E-state index contributed by atoms with van der Waals surface area (Å²) in [5.74, 6) is 0.401. The number of aromatic nitrogens is 4. The number of likely N-dealkylation sites (tertiary alicyclic amines) is 1. The highest BCUT2D eigenvalue weighted by Gasteiger charge is 2.43. The summed E-state index contributed by atoms with van der Waals surface area (Å²) in [6.45, 7) is 1.92. The van der Waals surface area contributed by atoms with Crippen molar-refractivity contribution in [3.05, 3.63) is 59.9 Å². The minimum Gasteiger partial charge on any atom is -0.374 e. The van der Waals surface area contributed by atoms with E-state index < -0.39 is 0 Å². The molecule has 1 spiro atoms. The predicted molar refractivity (Wildman–Crippen MR) is 117 cm³/mol. The van der Waals surface area contributed by atoms with Crippen molar-refractivity contribution < 1.29 is 13.9 Å². The standard InChI is InChI=1S/C23H25FN6O2/c1-29-21(26-27-28-29)25-22(31)30-11-9-23(10-12-30)14-19(15-32-23)18-4-2-3-17(13-18)16-5-7-20(24)8-6-16/h2-8,13,19H,9-12,14-15H2,1H3,(H,25,26,28,31). The molecule has 2 aliphatic heterocycles. The monoisotopic (exact) mass is 436 g/mol. The SMILES string of the molecule is Cn1nnnc1NC(=O)N1CCC2(CC1)CC(c1cccc(-c3ccc(F)cc3)c1)CO2. The molecule has 2 saturated heterocycles. The van der Waals surface area contributed by atoms with Gasteiger partial charge in [-0.05, 0) is 58.5 Å². The summed E-state index contributed by atoms with van der Waals surface area (Å²) in [7, 11) is 1.68. The Morgan fingerprint density at radius 3 is 2.66 bits per heavy atom. The smallest absolute Gasteiger partial charge is 0.324 e. The van der Waals surface area contributed by atoms with Gasteiger partial charge in [0.25, 0.3) is 5.95 Å². The molecule has 8 nitrogen and oxygen atoms in total. The summed E-state index contributed by atoms with van der Waals surface area (Å²) >= 11 is 0. The maximum Gasteiger partial charge on any atom is 0.324 e. The molecule has 1 aromatic heterocycles. The Morgan fingerprint density at radius 1 is 1.16 bits per heavy atom. The van der Waals surface area contributed by atoms with E-state index in [4.69, 9.17) is 4.74 Å². The minimum atomic E-state index is -0.232. The van der Waals surface area contributed by atoms with Gasteiger partial charge in [-0.3, -0.25) is 5.32 Å². The molecule has 2 amide bonds. The summed E-state index contributed by atoms with van der Waals surface area (Å²) in [4.78, 5) is 14.3. The Hall–Kier alpha value is -3.33. The van der Waals surface area contributed by atoms with Crippen LogP contribution in [0.1, 0.15) is 30.7 Å². The van der Waals surface area contributed by atoms with Crippen LogP contribution in [0.25, 0.3) is 11.1 Å². The molecule has 0 aliphatic carbocycles. The third kappa shape index (κ3) is 4.08. The Labute approximate surface area is 185 Å². The molecule has 1 atom stereocenters. The van der Waals surface area contributed by atoms with Crippen molar-refractivity contribution in [1.82, 2.24) is 25.1 Å². The molecule has 9 heteroatoms. The number of nitrogens with one attached hydrogen (secondary N) is 1. The lowest BCUT2D eigenvalue weighted by molar-refractivity contribution is -0.0355. The largest absolute Gasteiger partial charge is 0.374 e. The number of ether oxygens (including phenoxy) is 1. The summed E-state index contributed by atoms with van der Waals surface area (Å²) in [5, 5.41) is 13.8. The molecule has 2 aliphatic rings. The highest BCUT2D eigenvalue weighted by atomic mass is 19.1. The number of urea groups is 1. The fourth-order valence-corrected chi connectivity index (χ4v) is 4.65. The predicted octanol–water partition coefficient (Wildman–Crippen LogP) is 3.59. The number of piperidine rings is 1. The van der Waals surface area contributed by atoms with E-state index in [-0.39, 0.29) is 17.4 Å². The van der Waals surface area contributed by atoms with Crippen molar-refractivity contribution in [2.45, 2.75) is 30.8 Å². The van der Waals surface area contributed by atoms with Crippen LogP contribution in [-0.2, 0) is 11.8 Å². The molecular weight excluding hydrogens is 411 g/mol. The van der Waals surface area contributed by atoms with Gasteiger partial charge in [-0.25, -0.2) is 13.9 Å². The molecular formula is C23H25FN6O2. The first-order valence-corrected chi connectivity index (χ1v) is 10.8. The van der Waals surface area contributed by atoms with Crippen molar-refractivity contribution in [3.63, 3.8) is 0 Å². The van der Waals surface area contributed by atoms with Gasteiger partial charge in [-0.1, -0.05) is 41.5 Å². The van der Waals surface area contributed by atoms with Crippen LogP contribution >= 0.6 is 0 Å². The van der Waals surface area contributed by atoms with Crippen LogP contribution in [0.5, 0.6) is 0 Å². The van der Waals surface area contributed by atoms with Gasteiger partial charge >= 0.3 is 6.03 Å². The zero-order valence-electron chi connectivity index (χ0n) is 17.9. The Balaban J connectivity index is 1.21. The van der Waals surface area contributed by atoms with E-state index in [1.807, 2.05) is 12.1 Å². The number of anilines is 1. The molecule has 32 heavy (non-hydrogen) atoms. The van der Waals surface area contributed by atoms with Gasteiger partial charge < -0.3 is 9.64 Å². The molecule has 0 saturated carbocycles. The Bertz CT molecular complexity index is 1110. The average molecular weight is 436 g/mol. The highest BCUT2D eigenvalue weighted by molar-refractivity contribution is 5.87. The number of aryl methyl sites for hydroxylation is 1. The number of halogens is 1. The summed E-state index contributed by atoms with van der Waals surface area (Å²) in [6.07, 6.45) is 2.53. The van der Waals surface area contributed by atoms with Crippen molar-refractivity contribution >= 4 is 12.0 Å². The molecule has 3 aromatic rings. The van der Waals surface area contributed by atoms with Gasteiger partial charge in [0.1, 0.15) is 5.82 Å². The van der Waals surface area contributed by atoms with Crippen LogP contribution in [0.4, 0.5) is 15.1 Å². The fraction of sp³-hybridized carbons (Fsp3) is 0.391. The molecule has 3 heterocycles. The van der Waals surface area contributed by atoms with Crippen molar-refractivity contribution in [1.29, 1.82) is 0 Å². The quantitative estimate of drug-likeness (QED) is 0.678. The van der Waals surface area contributed by atoms with Gasteiger partial charge in [0.05, 0.1) is 12.2 Å². The molecule has 1 N–H and O–H groups in total. The number of nitrogens with zero attached hydrogens (tertiary/aromatic N) is 5. The summed E-state index contributed by atoms with van der Waals surface area (Å²) < 4.78 is 21.0. The van der Waals surface area contributed by atoms with Crippen LogP contribution in [0.15, 0.2) is 48.5 Å². The minimum absolute atomic E-state index is 0.195. The van der Waals surface area contributed by atoms with Crippen molar-refractivity contribution in [2.75, 3.05) is 25.0 Å². The number of tetrazole rings is 1. The Morgan fingerprint density at radius 2 is 1.94 bits per heavy atom. The first kappa shape index (κ1) is 20.6. The van der Waals surface area contributed by atoms with E-state index in [1.54, 1.807) is 24.1 Å². The van der Waals surface area contributed by atoms with E-state index in [0.29, 0.717) is 31.6 Å². The molecule has 2 fully saturated rings. The zero-order chi connectivity index (χ0) is 22.1. The molecule has 0 bridgehead atoms. The molecule has 1 unspecified atom stereocenters. The molecule has 166 valence electrons. The van der Waals surface area contributed by atoms with Crippen molar-refractivity contribution in [2.24, 2.45) is 7.05 Å². The van der Waals surface area contributed by atoms with Crippen LogP contribution in [0.2, 0.25) is 0 Å². The highest BCUT2D eigenvalue weighted by Crippen LogP contribution is 2.43. The van der Waals surface area contributed by atoms with E-state index in [1.165, 1.54) is 22.4 Å². The number of rotatable bonds is 3. The fourth-order valence-electron chi connectivity index (χ4n) is 4.65. The van der Waals surface area contributed by atoms with Crippen LogP contribution < -0.4 is 5.32 Å². The number of hydrogen-bond donors (Lipinski definition) is 1. The van der Waals surface area contributed by atoms with Gasteiger partial charge in [0.2, 0.25) is 0 Å². The number of benzene rings is 2. The number of hydrogen-bond acceptors (Lipinski definition) is 5. The second-order valence-electron chi connectivity index (χ2n) is 8.57. The molecule has 5 rings (SSSR count). The van der Waals surface area contributed by atoms with Crippen LogP contribution in [0, 0.1) is 5.82 Å². The maximum atomic E-state index is 13.3. The van der Waals surface area contributed by atoms with Crippen LogP contribution in [0.3, 0.4) is 0 Å². The molecule has 2 aromatic carbocycles. The molecule has 0 radical (unpaired) electrons. The van der Waals surface area contributed by atoms with Gasteiger partial charge in [-0.2, -0.15) is 0 Å². The first-order chi connectivity index (χ1) is 15.5. The third-order valence-corrected chi connectivity index (χ3v) is 6.55. The topological polar surface area (TPSA) is 85.2 Å². The lowest BCUT2D eigenvalue weighted by atomic mass is 9.83. The summed E-state index contributed by atoms with van der Waals surface area (Å²) in [6, 6.07) is 14.8. The number of carbonyl (C=O) groups is 1. The summed E-state index contributed by atoms with van der Waals surface area (Å²) in [5.41, 5.74) is 3.12. The first-order valence-electron chi connectivity index (χ1n) is 10.8. The van der Waals surface area contributed by atoms with E-state index in [0.717, 1.165) is 30.4 Å². The van der Waals surface area contributed by atoms with Gasteiger partial charge in [-0.15, -0.1) is 0 Å². The van der Waals surface area contributed by atoms with Crippen molar-refractivity contribution in [3.8, 4) is 11.1 Å². The third-order valence-electron chi connectivity index (χ3n) is 6.55. The zero-order valence-corrected chi connectivity index (χ0v) is 17.9. The van der Waals surface area contributed by atoms with E-state index in [9.17, 15) is 9.18 Å². The second-order valence-corrected chi connectivity index (χ2v) is 8.57. The lowest BCUT2D eigenvalue weighted by Gasteiger charge is -2.38. The van der Waals surface area contributed by atoms with E-state index >= 15 is 0 Å². The lowest BCUT2D eigenvalue weighted by Crippen LogP contribution is -2.48. The average Bonchev–Trinajstić information content (AvgIpc) is 3.41. The Kier molecular flexibility index (Phi) is 5.34. The second kappa shape index (κ2) is 8.31. The van der Waals surface area contributed by atoms with E-state index in [2.05, 4.69) is 33.0 Å². The maximum absolute atomic E-state index is 13.3. The van der Waals surface area contributed by atoms with Gasteiger partial charge in [0, 0.05) is 26.1 Å². The number of amides is 2. The number of carbonyl (C=O) groups excluding carboxylic acids is 1. The van der Waals surface area contributed by atoms with Gasteiger partial charge in [0.15, 0.2) is 0 Å². The normalized spacial score (nSPS) is 19.9. The van der Waals surface area contributed by atoms with Crippen LogP contribution in [-0.4, -0.2) is 56.4 Å².